The normalized spacial score (nSPS) is 10.6. The Labute approximate surface area is 86.3 Å². The number of hydrogen-bond donors (Lipinski definition) is 0. The predicted molar refractivity (Wildman–Crippen MR) is 48.4 cm³/mol. The van der Waals surface area contributed by atoms with Crippen LogP contribution in [-0.4, -0.2) is 12.1 Å². The highest BCUT2D eigenvalue weighted by Gasteiger charge is 2.17. The van der Waals surface area contributed by atoms with E-state index in [-0.39, 0.29) is 9.58 Å². The third kappa shape index (κ3) is 2.23. The van der Waals surface area contributed by atoms with E-state index >= 15 is 0 Å². The molecule has 0 bridgehead atoms. The molecule has 0 aromatic carbocycles. The molecule has 0 spiro atoms. The highest BCUT2D eigenvalue weighted by molar-refractivity contribution is 14.1. The van der Waals surface area contributed by atoms with E-state index in [9.17, 15) is 13.2 Å². The van der Waals surface area contributed by atoms with Gasteiger partial charge >= 0.3 is 0 Å². The Bertz CT molecular complexity index is 319. The summed E-state index contributed by atoms with van der Waals surface area (Å²) in [6, 6.07) is 0.734. The molecule has 1 aromatic heterocycles. The summed E-state index contributed by atoms with van der Waals surface area (Å²) in [4.78, 5) is 3.52. The molecule has 1 aromatic rings. The average Bonchev–Trinajstić information content (AvgIpc) is 2.07. The van der Waals surface area contributed by atoms with E-state index in [0.29, 0.717) is 0 Å². The van der Waals surface area contributed by atoms with Gasteiger partial charge in [-0.2, -0.15) is 0 Å². The molecule has 0 atom stereocenters. The maximum Gasteiger partial charge on any atom is 0.266 e. The van der Waals surface area contributed by atoms with E-state index in [1.807, 2.05) is 0 Å². The molecule has 0 amide bonds. The molecule has 72 valence electrons. The minimum atomic E-state index is -2.72. The molecule has 0 aliphatic carbocycles. The van der Waals surface area contributed by atoms with E-state index < -0.39 is 17.8 Å². The van der Waals surface area contributed by atoms with Gasteiger partial charge in [0.05, 0.1) is 12.7 Å². The number of pyridine rings is 1. The quantitative estimate of drug-likeness (QED) is 0.619. The molecule has 1 heterocycles. The second-order valence-corrected chi connectivity index (χ2v) is 3.18. The summed E-state index contributed by atoms with van der Waals surface area (Å²) in [5.41, 5.74) is -0.418. The van der Waals surface area contributed by atoms with Gasteiger partial charge in [0, 0.05) is 0 Å². The van der Waals surface area contributed by atoms with Crippen LogP contribution in [0.15, 0.2) is 6.07 Å². The van der Waals surface area contributed by atoms with Gasteiger partial charge in [-0.15, -0.1) is 0 Å². The van der Waals surface area contributed by atoms with E-state index in [2.05, 4.69) is 9.72 Å². The Morgan fingerprint density at radius 2 is 2.15 bits per heavy atom. The number of ether oxygens (including phenoxy) is 1. The molecule has 0 fully saturated rings. The lowest BCUT2D eigenvalue weighted by molar-refractivity contribution is 0.149. The zero-order valence-electron chi connectivity index (χ0n) is 6.52. The number of alkyl halides is 2. The third-order valence-corrected chi connectivity index (χ3v) is 2.22. The summed E-state index contributed by atoms with van der Waals surface area (Å²) in [7, 11) is 1.23. The van der Waals surface area contributed by atoms with Crippen molar-refractivity contribution in [2.75, 3.05) is 7.11 Å². The molecule has 6 heteroatoms. The van der Waals surface area contributed by atoms with Crippen LogP contribution in [0.1, 0.15) is 12.0 Å². The van der Waals surface area contributed by atoms with E-state index in [4.69, 9.17) is 0 Å². The predicted octanol–water partition coefficient (Wildman–Crippen LogP) is 2.77. The Morgan fingerprint density at radius 1 is 1.54 bits per heavy atom. The summed E-state index contributed by atoms with van der Waals surface area (Å²) >= 11 is 1.60. The summed E-state index contributed by atoms with van der Waals surface area (Å²) in [6.07, 6.45) is -2.72. The zero-order chi connectivity index (χ0) is 10.0. The molecule has 0 aliphatic rings. The van der Waals surface area contributed by atoms with Gasteiger partial charge < -0.3 is 4.74 Å². The minimum Gasteiger partial charge on any atom is -0.479 e. The standard InChI is InChI=1S/C7H5F3INO/c1-13-7-4(8)2-3(5(9)10)6(11)12-7/h2,5H,1H3. The highest BCUT2D eigenvalue weighted by Crippen LogP contribution is 2.27. The molecule has 2 nitrogen and oxygen atoms in total. The lowest BCUT2D eigenvalue weighted by Gasteiger charge is -2.05. The lowest BCUT2D eigenvalue weighted by Crippen LogP contribution is -1.99. The van der Waals surface area contributed by atoms with Crippen molar-refractivity contribution in [2.45, 2.75) is 6.43 Å². The largest absolute Gasteiger partial charge is 0.479 e. The molecule has 0 saturated carbocycles. The van der Waals surface area contributed by atoms with Crippen molar-refractivity contribution in [1.29, 1.82) is 0 Å². The number of nitrogens with zero attached hydrogens (tertiary/aromatic N) is 1. The Balaban J connectivity index is 3.20. The molecule has 13 heavy (non-hydrogen) atoms. The first-order chi connectivity index (χ1) is 6.06. The fourth-order valence-corrected chi connectivity index (χ4v) is 1.37. The van der Waals surface area contributed by atoms with Gasteiger partial charge in [-0.05, 0) is 28.7 Å². The van der Waals surface area contributed by atoms with Crippen molar-refractivity contribution in [1.82, 2.24) is 4.98 Å². The van der Waals surface area contributed by atoms with Gasteiger partial charge in [-0.3, -0.25) is 0 Å². The topological polar surface area (TPSA) is 22.1 Å². The zero-order valence-corrected chi connectivity index (χ0v) is 8.68. The lowest BCUT2D eigenvalue weighted by atomic mass is 10.3. The summed E-state index contributed by atoms with van der Waals surface area (Å²) in [6.45, 7) is 0. The SMILES string of the molecule is COc1nc(I)c(C(F)F)cc1F. The van der Waals surface area contributed by atoms with E-state index in [1.54, 1.807) is 22.6 Å². The maximum absolute atomic E-state index is 12.9. The van der Waals surface area contributed by atoms with Crippen LogP contribution in [0.4, 0.5) is 13.2 Å². The first-order valence-corrected chi connectivity index (χ1v) is 4.32. The molecule has 0 unspecified atom stereocenters. The van der Waals surface area contributed by atoms with Crippen molar-refractivity contribution < 1.29 is 17.9 Å². The van der Waals surface area contributed by atoms with Gasteiger partial charge in [0.2, 0.25) is 0 Å². The average molecular weight is 303 g/mol. The van der Waals surface area contributed by atoms with Crippen LogP contribution in [0.3, 0.4) is 0 Å². The molecule has 1 rings (SSSR count). The van der Waals surface area contributed by atoms with Crippen LogP contribution in [0, 0.1) is 9.52 Å². The number of methoxy groups -OCH3 is 1. The molecule has 0 N–H and O–H groups in total. The number of hydrogen-bond acceptors (Lipinski definition) is 2. The van der Waals surface area contributed by atoms with Crippen molar-refractivity contribution in [3.05, 3.63) is 21.1 Å². The van der Waals surface area contributed by atoms with Crippen molar-refractivity contribution >= 4 is 22.6 Å². The van der Waals surface area contributed by atoms with Crippen molar-refractivity contribution in [3.8, 4) is 5.88 Å². The van der Waals surface area contributed by atoms with Crippen LogP contribution in [0.2, 0.25) is 0 Å². The highest BCUT2D eigenvalue weighted by atomic mass is 127. The number of halogens is 4. The Kier molecular flexibility index (Phi) is 3.34. The number of rotatable bonds is 2. The second kappa shape index (κ2) is 4.12. The summed E-state index contributed by atoms with van der Waals surface area (Å²) in [5.74, 6) is -1.15. The van der Waals surface area contributed by atoms with Crippen LogP contribution in [0.5, 0.6) is 5.88 Å². The summed E-state index contributed by atoms with van der Waals surface area (Å²) < 4.78 is 41.8. The van der Waals surface area contributed by atoms with Gasteiger partial charge in [0.25, 0.3) is 12.3 Å². The maximum atomic E-state index is 12.9. The molecular weight excluding hydrogens is 298 g/mol. The molecule has 0 saturated heterocycles. The third-order valence-electron chi connectivity index (χ3n) is 1.35. The second-order valence-electron chi connectivity index (χ2n) is 2.16. The van der Waals surface area contributed by atoms with Crippen LogP contribution < -0.4 is 4.74 Å². The van der Waals surface area contributed by atoms with Gasteiger partial charge in [0.1, 0.15) is 3.70 Å². The van der Waals surface area contributed by atoms with Crippen LogP contribution in [-0.2, 0) is 0 Å². The van der Waals surface area contributed by atoms with E-state index in [1.165, 1.54) is 7.11 Å². The van der Waals surface area contributed by atoms with Crippen molar-refractivity contribution in [3.63, 3.8) is 0 Å². The van der Waals surface area contributed by atoms with Crippen LogP contribution in [0.25, 0.3) is 0 Å². The van der Waals surface area contributed by atoms with Crippen LogP contribution >= 0.6 is 22.6 Å². The van der Waals surface area contributed by atoms with Crippen molar-refractivity contribution in [2.24, 2.45) is 0 Å². The first-order valence-electron chi connectivity index (χ1n) is 3.24. The first kappa shape index (κ1) is 10.6. The Morgan fingerprint density at radius 3 is 2.62 bits per heavy atom. The molecule has 0 radical (unpaired) electrons. The molecular formula is C7H5F3INO. The monoisotopic (exact) mass is 303 g/mol. The van der Waals surface area contributed by atoms with Gasteiger partial charge in [-0.1, -0.05) is 0 Å². The van der Waals surface area contributed by atoms with E-state index in [0.717, 1.165) is 6.07 Å². The number of aromatic nitrogens is 1. The Hall–Kier alpha value is -0.530. The summed E-state index contributed by atoms with van der Waals surface area (Å²) in [5, 5.41) is 0. The molecule has 0 aliphatic heterocycles. The fraction of sp³-hybridized carbons (Fsp3) is 0.286. The fourth-order valence-electron chi connectivity index (χ4n) is 0.761. The minimum absolute atomic E-state index is 0.0471. The van der Waals surface area contributed by atoms with Gasteiger partial charge in [-0.25, -0.2) is 18.2 Å². The van der Waals surface area contributed by atoms with Gasteiger partial charge in [0.15, 0.2) is 5.82 Å². The smallest absolute Gasteiger partial charge is 0.266 e.